The summed E-state index contributed by atoms with van der Waals surface area (Å²) in [5.41, 5.74) is 1.69. The Bertz CT molecular complexity index is 1170. The van der Waals surface area contributed by atoms with Crippen molar-refractivity contribution in [3.8, 4) is 11.5 Å². The number of sulfonamides is 1. The molecule has 0 saturated carbocycles. The Hall–Kier alpha value is -3.05. The van der Waals surface area contributed by atoms with E-state index < -0.39 is 10.0 Å². The molecule has 3 N–H and O–H groups in total. The number of aromatic nitrogens is 2. The molecule has 1 aromatic heterocycles. The molecule has 0 amide bonds. The zero-order valence-corrected chi connectivity index (χ0v) is 17.5. The van der Waals surface area contributed by atoms with Crippen molar-refractivity contribution in [2.24, 2.45) is 0 Å². The third kappa shape index (κ3) is 4.69. The van der Waals surface area contributed by atoms with Crippen molar-refractivity contribution in [2.75, 3.05) is 28.4 Å². The number of nitrogens with one attached hydrogen (secondary N) is 3. The van der Waals surface area contributed by atoms with Crippen molar-refractivity contribution in [3.05, 3.63) is 53.1 Å². The van der Waals surface area contributed by atoms with Gasteiger partial charge < -0.3 is 20.1 Å². The molecule has 29 heavy (non-hydrogen) atoms. The van der Waals surface area contributed by atoms with E-state index in [9.17, 15) is 8.42 Å². The number of rotatable bonds is 6. The van der Waals surface area contributed by atoms with Crippen LogP contribution in [0.2, 0.25) is 0 Å². The molecule has 0 spiro atoms. The summed E-state index contributed by atoms with van der Waals surface area (Å²) in [6.07, 6.45) is 2.69. The van der Waals surface area contributed by atoms with Crippen molar-refractivity contribution in [3.63, 3.8) is 0 Å². The van der Waals surface area contributed by atoms with Gasteiger partial charge in [-0.05, 0) is 40.2 Å². The first-order chi connectivity index (χ1) is 13.9. The second kappa shape index (κ2) is 7.76. The van der Waals surface area contributed by atoms with Gasteiger partial charge in [-0.25, -0.2) is 13.4 Å². The lowest BCUT2D eigenvalue weighted by Crippen LogP contribution is -2.11. The maximum Gasteiger partial charge on any atom is 0.231 e. The van der Waals surface area contributed by atoms with Crippen molar-refractivity contribution in [1.29, 1.82) is 0 Å². The highest BCUT2D eigenvalue weighted by molar-refractivity contribution is 9.10. The summed E-state index contributed by atoms with van der Waals surface area (Å²) in [7, 11) is -3.42. The highest BCUT2D eigenvalue weighted by atomic mass is 79.9. The number of hydrogen-bond acceptors (Lipinski definition) is 8. The minimum absolute atomic E-state index is 0.197. The van der Waals surface area contributed by atoms with Crippen LogP contribution in [0.5, 0.6) is 11.5 Å². The Labute approximate surface area is 175 Å². The Morgan fingerprint density at radius 2 is 1.79 bits per heavy atom. The fraction of sp³-hybridized carbons (Fsp3) is 0.111. The maximum atomic E-state index is 11.6. The summed E-state index contributed by atoms with van der Waals surface area (Å²) in [4.78, 5) is 8.72. The van der Waals surface area contributed by atoms with Crippen LogP contribution in [0.3, 0.4) is 0 Å². The summed E-state index contributed by atoms with van der Waals surface area (Å²) in [6.45, 7) is 0.197. The van der Waals surface area contributed by atoms with Crippen LogP contribution in [0.15, 0.2) is 53.1 Å². The fourth-order valence-corrected chi connectivity index (χ4v) is 3.49. The third-order valence-electron chi connectivity index (χ3n) is 3.85. The van der Waals surface area contributed by atoms with Crippen molar-refractivity contribution in [1.82, 2.24) is 9.97 Å². The fourth-order valence-electron chi connectivity index (χ4n) is 2.63. The van der Waals surface area contributed by atoms with Gasteiger partial charge in [0.15, 0.2) is 11.5 Å². The van der Waals surface area contributed by atoms with E-state index >= 15 is 0 Å². The van der Waals surface area contributed by atoms with Crippen molar-refractivity contribution >= 4 is 54.8 Å². The van der Waals surface area contributed by atoms with Crippen LogP contribution in [0.25, 0.3) is 0 Å². The summed E-state index contributed by atoms with van der Waals surface area (Å²) in [6, 6.07) is 12.4. The van der Waals surface area contributed by atoms with Gasteiger partial charge in [0.1, 0.15) is 5.82 Å². The predicted octanol–water partition coefficient (Wildman–Crippen LogP) is 3.83. The van der Waals surface area contributed by atoms with Crippen LogP contribution in [0.4, 0.5) is 28.8 Å². The zero-order valence-electron chi connectivity index (χ0n) is 15.1. The van der Waals surface area contributed by atoms with E-state index in [0.717, 1.165) is 11.9 Å². The number of ether oxygens (including phenoxy) is 2. The van der Waals surface area contributed by atoms with E-state index in [-0.39, 0.29) is 6.79 Å². The maximum absolute atomic E-state index is 11.6. The summed E-state index contributed by atoms with van der Waals surface area (Å²) >= 11 is 3.41. The Balaban J connectivity index is 1.58. The van der Waals surface area contributed by atoms with Gasteiger partial charge in [-0.1, -0.05) is 12.1 Å². The number of halogens is 1. The van der Waals surface area contributed by atoms with Crippen LogP contribution >= 0.6 is 15.9 Å². The van der Waals surface area contributed by atoms with E-state index in [4.69, 9.17) is 9.47 Å². The molecule has 1 aliphatic rings. The number of benzene rings is 2. The first-order valence-corrected chi connectivity index (χ1v) is 11.1. The Morgan fingerprint density at radius 3 is 2.59 bits per heavy atom. The zero-order chi connectivity index (χ0) is 20.4. The van der Waals surface area contributed by atoms with Crippen LogP contribution in [-0.2, 0) is 10.0 Å². The topological polar surface area (TPSA) is 114 Å². The van der Waals surface area contributed by atoms with Crippen molar-refractivity contribution in [2.45, 2.75) is 0 Å². The number of anilines is 5. The first-order valence-electron chi connectivity index (χ1n) is 8.40. The van der Waals surface area contributed by atoms with Gasteiger partial charge in [-0.3, -0.25) is 4.72 Å². The van der Waals surface area contributed by atoms with Crippen molar-refractivity contribution < 1.29 is 17.9 Å². The van der Waals surface area contributed by atoms with E-state index in [1.807, 2.05) is 6.07 Å². The Kier molecular flexibility index (Phi) is 5.16. The van der Waals surface area contributed by atoms with E-state index in [2.05, 4.69) is 41.3 Å². The molecule has 1 aliphatic heterocycles. The highest BCUT2D eigenvalue weighted by Crippen LogP contribution is 2.35. The molecule has 0 aliphatic carbocycles. The largest absolute Gasteiger partial charge is 0.454 e. The average molecular weight is 478 g/mol. The smallest absolute Gasteiger partial charge is 0.231 e. The normalized spacial score (nSPS) is 12.5. The molecule has 0 fully saturated rings. The quantitative estimate of drug-likeness (QED) is 0.490. The van der Waals surface area contributed by atoms with Gasteiger partial charge in [-0.15, -0.1) is 0 Å². The van der Waals surface area contributed by atoms with Crippen LogP contribution < -0.4 is 24.8 Å². The molecular weight excluding hydrogens is 462 g/mol. The summed E-state index contributed by atoms with van der Waals surface area (Å²) in [5.74, 6) is 2.14. The molecule has 3 aromatic rings. The molecule has 0 unspecified atom stereocenters. The van der Waals surface area contributed by atoms with Crippen LogP contribution in [0.1, 0.15) is 0 Å². The molecular formula is C18H16BrN5O4S. The van der Waals surface area contributed by atoms with Crippen LogP contribution in [0, 0.1) is 0 Å². The highest BCUT2D eigenvalue weighted by Gasteiger charge is 2.14. The minimum Gasteiger partial charge on any atom is -0.454 e. The summed E-state index contributed by atoms with van der Waals surface area (Å²) < 4.78 is 37.0. The van der Waals surface area contributed by atoms with Gasteiger partial charge in [0.25, 0.3) is 0 Å². The van der Waals surface area contributed by atoms with E-state index in [1.54, 1.807) is 42.6 Å². The van der Waals surface area contributed by atoms with Gasteiger partial charge in [-0.2, -0.15) is 4.98 Å². The molecule has 0 radical (unpaired) electrons. The number of para-hydroxylation sites is 2. The molecule has 0 saturated heterocycles. The third-order valence-corrected chi connectivity index (χ3v) is 5.02. The molecule has 0 atom stereocenters. The molecule has 11 heteroatoms. The van der Waals surface area contributed by atoms with E-state index in [0.29, 0.717) is 39.1 Å². The number of nitrogens with zero attached hydrogens (tertiary/aromatic N) is 2. The minimum atomic E-state index is -3.42. The second-order valence-electron chi connectivity index (χ2n) is 6.13. The summed E-state index contributed by atoms with van der Waals surface area (Å²) in [5, 5.41) is 6.23. The lowest BCUT2D eigenvalue weighted by atomic mass is 10.2. The number of fused-ring (bicyclic) bond motifs is 1. The average Bonchev–Trinajstić information content (AvgIpc) is 3.13. The standard InChI is InChI=1S/C18H16BrN5O4S/c1-29(25,26)24-14-5-3-2-4-13(14)22-17-12(19)9-20-18(23-17)21-11-6-7-15-16(8-11)28-10-27-15/h2-9,24H,10H2,1H3,(H2,20,21,22,23). The SMILES string of the molecule is CS(=O)(=O)Nc1ccccc1Nc1nc(Nc2ccc3c(c2)OCO3)ncc1Br. The lowest BCUT2D eigenvalue weighted by Gasteiger charge is -2.14. The molecule has 2 heterocycles. The van der Waals surface area contributed by atoms with E-state index in [1.165, 1.54) is 0 Å². The molecule has 0 bridgehead atoms. The lowest BCUT2D eigenvalue weighted by molar-refractivity contribution is 0.174. The molecule has 2 aromatic carbocycles. The van der Waals surface area contributed by atoms with Gasteiger partial charge in [0, 0.05) is 18.0 Å². The molecule has 9 nitrogen and oxygen atoms in total. The predicted molar refractivity (Wildman–Crippen MR) is 114 cm³/mol. The second-order valence-corrected chi connectivity index (χ2v) is 8.73. The number of hydrogen-bond donors (Lipinski definition) is 3. The van der Waals surface area contributed by atoms with Gasteiger partial charge >= 0.3 is 0 Å². The first kappa shape index (κ1) is 19.3. The van der Waals surface area contributed by atoms with Gasteiger partial charge in [0.05, 0.1) is 22.1 Å². The Morgan fingerprint density at radius 1 is 1.03 bits per heavy atom. The molecule has 4 rings (SSSR count). The molecule has 150 valence electrons. The van der Waals surface area contributed by atoms with Crippen LogP contribution in [-0.4, -0.2) is 31.4 Å². The van der Waals surface area contributed by atoms with Gasteiger partial charge in [0.2, 0.25) is 22.8 Å². The monoisotopic (exact) mass is 477 g/mol.